The van der Waals surface area contributed by atoms with Crippen molar-refractivity contribution in [2.24, 2.45) is 0 Å². The van der Waals surface area contributed by atoms with E-state index in [0.717, 1.165) is 24.4 Å². The van der Waals surface area contributed by atoms with Crippen LogP contribution < -0.4 is 4.74 Å². The van der Waals surface area contributed by atoms with Crippen molar-refractivity contribution in [3.63, 3.8) is 0 Å². The van der Waals surface area contributed by atoms with E-state index < -0.39 is 5.60 Å². The Morgan fingerprint density at radius 3 is 2.50 bits per heavy atom. The summed E-state index contributed by atoms with van der Waals surface area (Å²) in [6.45, 7) is 10.9. The second-order valence-corrected chi connectivity index (χ2v) is 5.30. The third kappa shape index (κ3) is 5.52. The lowest BCUT2D eigenvalue weighted by molar-refractivity contribution is 0.0339. The minimum absolute atomic E-state index is 0.648. The Labute approximate surface area is 110 Å². The van der Waals surface area contributed by atoms with E-state index in [-0.39, 0.29) is 0 Å². The zero-order valence-electron chi connectivity index (χ0n) is 11.9. The van der Waals surface area contributed by atoms with Crippen molar-refractivity contribution in [1.29, 1.82) is 0 Å². The van der Waals surface area contributed by atoms with Gasteiger partial charge in [0.05, 0.1) is 5.60 Å². The van der Waals surface area contributed by atoms with Gasteiger partial charge in [0.1, 0.15) is 12.4 Å². The van der Waals surface area contributed by atoms with Crippen LogP contribution in [0.25, 0.3) is 0 Å². The van der Waals surface area contributed by atoms with Gasteiger partial charge in [-0.05, 0) is 38.9 Å². The summed E-state index contributed by atoms with van der Waals surface area (Å²) in [4.78, 5) is 2.19. The molecule has 0 aromatic heterocycles. The van der Waals surface area contributed by atoms with E-state index in [1.54, 1.807) is 0 Å². The van der Waals surface area contributed by atoms with Crippen LogP contribution in [-0.4, -0.2) is 41.8 Å². The van der Waals surface area contributed by atoms with Crippen LogP contribution in [-0.2, 0) is 0 Å². The van der Waals surface area contributed by atoms with Crippen LogP contribution in [0.15, 0.2) is 24.3 Å². The Morgan fingerprint density at radius 1 is 1.28 bits per heavy atom. The second-order valence-electron chi connectivity index (χ2n) is 5.30. The second kappa shape index (κ2) is 6.76. The monoisotopic (exact) mass is 251 g/mol. The van der Waals surface area contributed by atoms with Crippen molar-refractivity contribution in [3.05, 3.63) is 29.8 Å². The summed E-state index contributed by atoms with van der Waals surface area (Å²) in [5, 5.41) is 9.80. The van der Waals surface area contributed by atoms with Crippen LogP contribution in [0.1, 0.15) is 26.3 Å². The lowest BCUT2D eigenvalue weighted by Gasteiger charge is -2.27. The largest absolute Gasteiger partial charge is 0.492 e. The molecule has 3 heteroatoms. The molecular formula is C15H25NO2. The first kappa shape index (κ1) is 15.0. The van der Waals surface area contributed by atoms with Gasteiger partial charge in [0.25, 0.3) is 0 Å². The molecule has 0 radical (unpaired) electrons. The predicted molar refractivity (Wildman–Crippen MR) is 75.1 cm³/mol. The highest BCUT2D eigenvalue weighted by atomic mass is 16.5. The molecule has 3 nitrogen and oxygen atoms in total. The lowest BCUT2D eigenvalue weighted by atomic mass is 10.1. The Balaban J connectivity index is 2.38. The summed E-state index contributed by atoms with van der Waals surface area (Å²) >= 11 is 0. The van der Waals surface area contributed by atoms with Gasteiger partial charge in [-0.25, -0.2) is 0 Å². The summed E-state index contributed by atoms with van der Waals surface area (Å²) in [7, 11) is 0. The zero-order valence-corrected chi connectivity index (χ0v) is 11.9. The van der Waals surface area contributed by atoms with Crippen LogP contribution in [0, 0.1) is 6.92 Å². The third-order valence-corrected chi connectivity index (χ3v) is 2.82. The van der Waals surface area contributed by atoms with E-state index in [2.05, 4.69) is 11.8 Å². The van der Waals surface area contributed by atoms with Gasteiger partial charge >= 0.3 is 0 Å². The lowest BCUT2D eigenvalue weighted by Crippen LogP contribution is -2.40. The molecule has 0 saturated carbocycles. The van der Waals surface area contributed by atoms with E-state index in [9.17, 15) is 5.11 Å². The molecule has 0 amide bonds. The summed E-state index contributed by atoms with van der Waals surface area (Å²) < 4.78 is 5.76. The molecule has 102 valence electrons. The van der Waals surface area contributed by atoms with Crippen LogP contribution in [0.2, 0.25) is 0 Å². The predicted octanol–water partition coefficient (Wildman–Crippen LogP) is 2.47. The molecule has 0 fully saturated rings. The van der Waals surface area contributed by atoms with E-state index >= 15 is 0 Å². The van der Waals surface area contributed by atoms with Gasteiger partial charge in [-0.1, -0.05) is 25.1 Å². The van der Waals surface area contributed by atoms with Gasteiger partial charge < -0.3 is 9.84 Å². The number of likely N-dealkylation sites (N-methyl/N-ethyl adjacent to an activating group) is 1. The van der Waals surface area contributed by atoms with Crippen molar-refractivity contribution >= 4 is 0 Å². The smallest absolute Gasteiger partial charge is 0.122 e. The fourth-order valence-corrected chi connectivity index (χ4v) is 1.90. The number of nitrogens with zero attached hydrogens (tertiary/aromatic N) is 1. The highest BCUT2D eigenvalue weighted by Crippen LogP contribution is 2.16. The molecule has 0 saturated heterocycles. The minimum Gasteiger partial charge on any atom is -0.492 e. The SMILES string of the molecule is CCN(CCOc1ccccc1C)CC(C)(C)O. The highest BCUT2D eigenvalue weighted by molar-refractivity contribution is 5.31. The van der Waals surface area contributed by atoms with Crippen LogP contribution in [0.3, 0.4) is 0 Å². The number of aliphatic hydroxyl groups is 1. The molecule has 0 atom stereocenters. The number of aryl methyl sites for hydroxylation is 1. The molecule has 0 bridgehead atoms. The number of para-hydroxylation sites is 1. The molecule has 0 unspecified atom stereocenters. The molecule has 0 aliphatic heterocycles. The number of benzene rings is 1. The van der Waals surface area contributed by atoms with Crippen molar-refractivity contribution < 1.29 is 9.84 Å². The van der Waals surface area contributed by atoms with Crippen molar-refractivity contribution in [1.82, 2.24) is 4.90 Å². The van der Waals surface area contributed by atoms with Gasteiger partial charge in [-0.3, -0.25) is 4.90 Å². The van der Waals surface area contributed by atoms with E-state index in [0.29, 0.717) is 13.2 Å². The van der Waals surface area contributed by atoms with Gasteiger partial charge in [-0.15, -0.1) is 0 Å². The van der Waals surface area contributed by atoms with Crippen molar-refractivity contribution in [2.75, 3.05) is 26.2 Å². The van der Waals surface area contributed by atoms with E-state index in [1.165, 1.54) is 0 Å². The first-order chi connectivity index (χ1) is 8.42. The number of hydrogen-bond acceptors (Lipinski definition) is 3. The van der Waals surface area contributed by atoms with Crippen molar-refractivity contribution in [2.45, 2.75) is 33.3 Å². The standard InChI is InChI=1S/C15H25NO2/c1-5-16(12-15(3,4)17)10-11-18-14-9-7-6-8-13(14)2/h6-9,17H,5,10-12H2,1-4H3. The Morgan fingerprint density at radius 2 is 1.94 bits per heavy atom. The van der Waals surface area contributed by atoms with Gasteiger partial charge in [0.15, 0.2) is 0 Å². The summed E-state index contributed by atoms with van der Waals surface area (Å²) in [6, 6.07) is 8.02. The molecule has 0 heterocycles. The summed E-state index contributed by atoms with van der Waals surface area (Å²) in [5.74, 6) is 0.941. The molecule has 18 heavy (non-hydrogen) atoms. The topological polar surface area (TPSA) is 32.7 Å². The third-order valence-electron chi connectivity index (χ3n) is 2.82. The van der Waals surface area contributed by atoms with E-state index in [1.807, 2.05) is 45.0 Å². The quantitative estimate of drug-likeness (QED) is 0.808. The molecule has 1 aromatic rings. The number of rotatable bonds is 7. The van der Waals surface area contributed by atoms with Crippen molar-refractivity contribution in [3.8, 4) is 5.75 Å². The maximum atomic E-state index is 9.80. The summed E-state index contributed by atoms with van der Waals surface area (Å²) in [5.41, 5.74) is 0.501. The van der Waals surface area contributed by atoms with Gasteiger partial charge in [0.2, 0.25) is 0 Å². The number of ether oxygens (including phenoxy) is 1. The maximum absolute atomic E-state index is 9.80. The first-order valence-electron chi connectivity index (χ1n) is 6.55. The summed E-state index contributed by atoms with van der Waals surface area (Å²) in [6.07, 6.45) is 0. The Kier molecular flexibility index (Phi) is 5.63. The highest BCUT2D eigenvalue weighted by Gasteiger charge is 2.16. The Hall–Kier alpha value is -1.06. The first-order valence-corrected chi connectivity index (χ1v) is 6.55. The fraction of sp³-hybridized carbons (Fsp3) is 0.600. The minimum atomic E-state index is -0.654. The van der Waals surface area contributed by atoms with Crippen LogP contribution in [0.4, 0.5) is 0 Å². The molecule has 0 aliphatic rings. The molecule has 0 aliphatic carbocycles. The van der Waals surface area contributed by atoms with Crippen LogP contribution >= 0.6 is 0 Å². The molecule has 1 aromatic carbocycles. The van der Waals surface area contributed by atoms with E-state index in [4.69, 9.17) is 4.74 Å². The van der Waals surface area contributed by atoms with Gasteiger partial charge in [-0.2, -0.15) is 0 Å². The molecule has 1 N–H and O–H groups in total. The molecule has 1 rings (SSSR count). The number of hydrogen-bond donors (Lipinski definition) is 1. The Bertz CT molecular complexity index is 358. The molecule has 0 spiro atoms. The van der Waals surface area contributed by atoms with Gasteiger partial charge in [0, 0.05) is 13.1 Å². The average Bonchev–Trinajstić information content (AvgIpc) is 2.28. The normalized spacial score (nSPS) is 11.9. The fourth-order valence-electron chi connectivity index (χ4n) is 1.90. The molecular weight excluding hydrogens is 226 g/mol. The average molecular weight is 251 g/mol. The maximum Gasteiger partial charge on any atom is 0.122 e. The van der Waals surface area contributed by atoms with Crippen LogP contribution in [0.5, 0.6) is 5.75 Å². The zero-order chi connectivity index (χ0) is 13.6.